The minimum absolute atomic E-state index is 0.342. The average molecular weight is 303 g/mol. The van der Waals surface area contributed by atoms with Crippen LogP contribution in [0.3, 0.4) is 0 Å². The van der Waals surface area contributed by atoms with Gasteiger partial charge in [0.05, 0.1) is 11.3 Å². The highest BCUT2D eigenvalue weighted by atomic mass is 19.4. The fourth-order valence-electron chi connectivity index (χ4n) is 1.77. The van der Waals surface area contributed by atoms with Gasteiger partial charge >= 0.3 is 13.3 Å². The van der Waals surface area contributed by atoms with Crippen molar-refractivity contribution in [2.24, 2.45) is 0 Å². The lowest BCUT2D eigenvalue weighted by Gasteiger charge is -2.13. The Balaban J connectivity index is 2.63. The van der Waals surface area contributed by atoms with Crippen molar-refractivity contribution in [3.8, 4) is 11.3 Å². The third kappa shape index (κ3) is 3.03. The van der Waals surface area contributed by atoms with Gasteiger partial charge in [-0.3, -0.25) is 4.98 Å². The average Bonchev–Trinajstić information content (AvgIpc) is 2.40. The third-order valence-corrected chi connectivity index (χ3v) is 2.75. The van der Waals surface area contributed by atoms with E-state index in [1.54, 1.807) is 0 Å². The molecule has 2 N–H and O–H groups in total. The molecule has 1 aromatic carbocycles. The molecule has 0 radical (unpaired) electrons. The number of pyridine rings is 1. The molecule has 1 aromatic heterocycles. The zero-order valence-corrected chi connectivity index (χ0v) is 10.2. The van der Waals surface area contributed by atoms with Gasteiger partial charge < -0.3 is 10.0 Å². The first-order chi connectivity index (χ1) is 9.71. The van der Waals surface area contributed by atoms with E-state index in [4.69, 9.17) is 10.0 Å². The molecule has 3 nitrogen and oxygen atoms in total. The highest BCUT2D eigenvalue weighted by molar-refractivity contribution is 6.59. The summed E-state index contributed by atoms with van der Waals surface area (Å²) in [6.45, 7) is 0. The second-order valence-electron chi connectivity index (χ2n) is 4.13. The molecule has 21 heavy (non-hydrogen) atoms. The van der Waals surface area contributed by atoms with Crippen molar-refractivity contribution in [3.63, 3.8) is 0 Å². The number of hydrogen-bond donors (Lipinski definition) is 2. The molecule has 0 aliphatic carbocycles. The van der Waals surface area contributed by atoms with Gasteiger partial charge in [-0.1, -0.05) is 6.07 Å². The van der Waals surface area contributed by atoms with E-state index in [2.05, 4.69) is 4.98 Å². The van der Waals surface area contributed by atoms with E-state index in [1.807, 2.05) is 0 Å². The van der Waals surface area contributed by atoms with E-state index in [0.717, 1.165) is 18.2 Å². The van der Waals surface area contributed by atoms with Gasteiger partial charge in [0.25, 0.3) is 0 Å². The standard InChI is InChI=1S/C12H7BF5NO2/c14-9-3-1-2-6(11(9)15)10-4-8(13(20)21)7(5-19-10)12(16,17)18/h1-5,20-21H. The first-order valence-corrected chi connectivity index (χ1v) is 5.59. The number of aromatic nitrogens is 1. The fourth-order valence-corrected chi connectivity index (χ4v) is 1.77. The molecule has 9 heteroatoms. The van der Waals surface area contributed by atoms with E-state index >= 15 is 0 Å². The topological polar surface area (TPSA) is 53.4 Å². The molecule has 0 saturated heterocycles. The van der Waals surface area contributed by atoms with Gasteiger partial charge in [-0.2, -0.15) is 13.2 Å². The maximum absolute atomic E-state index is 13.6. The first kappa shape index (κ1) is 15.4. The van der Waals surface area contributed by atoms with Gasteiger partial charge in [-0.05, 0) is 23.7 Å². The van der Waals surface area contributed by atoms with Crippen molar-refractivity contribution < 1.29 is 32.0 Å². The van der Waals surface area contributed by atoms with Crippen LogP contribution in [0.15, 0.2) is 30.5 Å². The number of halogens is 5. The van der Waals surface area contributed by atoms with E-state index in [1.165, 1.54) is 0 Å². The molecule has 1 heterocycles. The number of hydrogen-bond acceptors (Lipinski definition) is 3. The van der Waals surface area contributed by atoms with Crippen molar-refractivity contribution >= 4 is 12.6 Å². The summed E-state index contributed by atoms with van der Waals surface area (Å²) in [5.74, 6) is -2.48. The van der Waals surface area contributed by atoms with Crippen molar-refractivity contribution in [3.05, 3.63) is 47.7 Å². The molecule has 0 fully saturated rings. The lowest BCUT2D eigenvalue weighted by Crippen LogP contribution is -2.36. The van der Waals surface area contributed by atoms with Crippen molar-refractivity contribution in [2.45, 2.75) is 6.18 Å². The monoisotopic (exact) mass is 303 g/mol. The van der Waals surface area contributed by atoms with Crippen LogP contribution < -0.4 is 5.46 Å². The normalized spacial score (nSPS) is 11.6. The van der Waals surface area contributed by atoms with Crippen LogP contribution in [0.2, 0.25) is 0 Å². The number of alkyl halides is 3. The Morgan fingerprint density at radius 3 is 2.33 bits per heavy atom. The van der Waals surface area contributed by atoms with Gasteiger partial charge in [0, 0.05) is 11.8 Å². The molecular weight excluding hydrogens is 296 g/mol. The Bertz CT molecular complexity index is 675. The summed E-state index contributed by atoms with van der Waals surface area (Å²) in [7, 11) is -2.43. The van der Waals surface area contributed by atoms with Crippen molar-refractivity contribution in [2.75, 3.05) is 0 Å². The van der Waals surface area contributed by atoms with Crippen molar-refractivity contribution in [1.29, 1.82) is 0 Å². The van der Waals surface area contributed by atoms with Crippen LogP contribution in [0.1, 0.15) is 5.56 Å². The molecule has 0 aliphatic heterocycles. The molecule has 0 unspecified atom stereocenters. The minimum Gasteiger partial charge on any atom is -0.423 e. The van der Waals surface area contributed by atoms with Crippen LogP contribution in [-0.2, 0) is 6.18 Å². The van der Waals surface area contributed by atoms with Crippen LogP contribution in [-0.4, -0.2) is 22.2 Å². The molecule has 0 aliphatic rings. The molecule has 2 rings (SSSR count). The Kier molecular flexibility index (Phi) is 3.97. The summed E-state index contributed by atoms with van der Waals surface area (Å²) in [6, 6.07) is 3.76. The Hall–Kier alpha value is -2.00. The van der Waals surface area contributed by atoms with Crippen LogP contribution in [0.25, 0.3) is 11.3 Å². The number of rotatable bonds is 2. The predicted molar refractivity (Wildman–Crippen MR) is 64.4 cm³/mol. The molecule has 0 amide bonds. The van der Waals surface area contributed by atoms with Crippen molar-refractivity contribution in [1.82, 2.24) is 4.98 Å². The van der Waals surface area contributed by atoms with E-state index in [0.29, 0.717) is 12.3 Å². The minimum atomic E-state index is -4.86. The highest BCUT2D eigenvalue weighted by Gasteiger charge is 2.37. The summed E-state index contributed by atoms with van der Waals surface area (Å²) in [5, 5.41) is 18.0. The number of benzene rings is 1. The zero-order valence-electron chi connectivity index (χ0n) is 10.2. The summed E-state index contributed by atoms with van der Waals surface area (Å²) in [5.41, 5.74) is -2.98. The van der Waals surface area contributed by atoms with Crippen LogP contribution in [0.5, 0.6) is 0 Å². The predicted octanol–water partition coefficient (Wildman–Crippen LogP) is 1.73. The van der Waals surface area contributed by atoms with E-state index in [-0.39, 0.29) is 11.3 Å². The van der Waals surface area contributed by atoms with Gasteiger partial charge in [0.2, 0.25) is 0 Å². The van der Waals surface area contributed by atoms with Crippen LogP contribution in [0.4, 0.5) is 22.0 Å². The Morgan fingerprint density at radius 1 is 1.10 bits per heavy atom. The Morgan fingerprint density at radius 2 is 1.76 bits per heavy atom. The highest BCUT2D eigenvalue weighted by Crippen LogP contribution is 2.29. The summed E-state index contributed by atoms with van der Waals surface area (Å²) < 4.78 is 64.8. The lowest BCUT2D eigenvalue weighted by atomic mass is 9.77. The molecule has 2 aromatic rings. The summed E-state index contributed by atoms with van der Waals surface area (Å²) >= 11 is 0. The van der Waals surface area contributed by atoms with Gasteiger partial charge in [-0.15, -0.1) is 0 Å². The second-order valence-corrected chi connectivity index (χ2v) is 4.13. The van der Waals surface area contributed by atoms with Crippen LogP contribution >= 0.6 is 0 Å². The maximum atomic E-state index is 13.6. The molecule has 0 atom stereocenters. The molecule has 110 valence electrons. The summed E-state index contributed by atoms with van der Waals surface area (Å²) in [6.07, 6.45) is -4.51. The second kappa shape index (κ2) is 5.42. The van der Waals surface area contributed by atoms with Gasteiger partial charge in [0.1, 0.15) is 0 Å². The largest absolute Gasteiger partial charge is 0.489 e. The Labute approximate surface area is 115 Å². The fraction of sp³-hybridized carbons (Fsp3) is 0.0833. The smallest absolute Gasteiger partial charge is 0.423 e. The van der Waals surface area contributed by atoms with E-state index < -0.39 is 36.0 Å². The molecule has 0 saturated carbocycles. The maximum Gasteiger partial charge on any atom is 0.489 e. The third-order valence-electron chi connectivity index (χ3n) is 2.75. The van der Waals surface area contributed by atoms with Crippen LogP contribution in [0, 0.1) is 11.6 Å². The number of nitrogens with zero attached hydrogens (tertiary/aromatic N) is 1. The van der Waals surface area contributed by atoms with Gasteiger partial charge in [0.15, 0.2) is 11.6 Å². The molecule has 0 spiro atoms. The first-order valence-electron chi connectivity index (χ1n) is 5.59. The molecule has 0 bridgehead atoms. The zero-order chi connectivity index (χ0) is 15.8. The van der Waals surface area contributed by atoms with E-state index in [9.17, 15) is 22.0 Å². The quantitative estimate of drug-likeness (QED) is 0.656. The van der Waals surface area contributed by atoms with Gasteiger partial charge in [-0.25, -0.2) is 8.78 Å². The summed E-state index contributed by atoms with van der Waals surface area (Å²) in [4.78, 5) is 3.41. The lowest BCUT2D eigenvalue weighted by molar-refractivity contribution is -0.137. The SMILES string of the molecule is OB(O)c1cc(-c2cccc(F)c2F)ncc1C(F)(F)F. The molecular formula is C12H7BF5NO2.